The fourth-order valence-corrected chi connectivity index (χ4v) is 4.11. The number of imide groups is 1. The van der Waals surface area contributed by atoms with Gasteiger partial charge in [-0.05, 0) is 48.7 Å². The average molecular weight is 410 g/mol. The summed E-state index contributed by atoms with van der Waals surface area (Å²) in [6, 6.07) is 13.3. The molecule has 0 N–H and O–H groups in total. The first kappa shape index (κ1) is 19.4. The molecule has 2 amide bonds. The van der Waals surface area contributed by atoms with Crippen LogP contribution in [0, 0.1) is 17.8 Å². The van der Waals surface area contributed by atoms with Crippen molar-refractivity contribution < 1.29 is 19.1 Å². The monoisotopic (exact) mass is 409 g/mol. The number of ether oxygens (including phenoxy) is 1. The fraction of sp³-hybridized carbons (Fsp3) is 0.261. The molecule has 2 aromatic rings. The van der Waals surface area contributed by atoms with E-state index in [-0.39, 0.29) is 42.0 Å². The van der Waals surface area contributed by atoms with E-state index in [0.29, 0.717) is 28.4 Å². The number of rotatable bonds is 5. The molecule has 5 nitrogen and oxygen atoms in total. The predicted molar refractivity (Wildman–Crippen MR) is 110 cm³/mol. The lowest BCUT2D eigenvalue weighted by Crippen LogP contribution is -2.31. The smallest absolute Gasteiger partial charge is 0.238 e. The molecule has 1 aliphatic heterocycles. The zero-order chi connectivity index (χ0) is 20.5. The van der Waals surface area contributed by atoms with Crippen LogP contribution in [0.1, 0.15) is 23.7 Å². The number of anilines is 1. The van der Waals surface area contributed by atoms with E-state index in [0.717, 1.165) is 0 Å². The van der Waals surface area contributed by atoms with Gasteiger partial charge in [-0.1, -0.05) is 36.7 Å². The number of allylic oxidation sites excluding steroid dienone is 2. The van der Waals surface area contributed by atoms with Crippen molar-refractivity contribution in [1.82, 2.24) is 0 Å². The lowest BCUT2D eigenvalue weighted by molar-refractivity contribution is -0.122. The van der Waals surface area contributed by atoms with E-state index in [2.05, 4.69) is 0 Å². The number of halogens is 1. The summed E-state index contributed by atoms with van der Waals surface area (Å²) in [5, 5.41) is 0.556. The molecule has 1 aliphatic carbocycles. The number of carbonyl (C=O) groups is 3. The normalized spacial score (nSPS) is 23.2. The van der Waals surface area contributed by atoms with Crippen LogP contribution in [-0.4, -0.2) is 24.2 Å². The van der Waals surface area contributed by atoms with Gasteiger partial charge in [0.2, 0.25) is 11.8 Å². The van der Waals surface area contributed by atoms with Crippen LogP contribution in [0.25, 0.3) is 0 Å². The molecule has 6 heteroatoms. The Morgan fingerprint density at radius 3 is 2.62 bits per heavy atom. The van der Waals surface area contributed by atoms with Gasteiger partial charge in [0.1, 0.15) is 5.75 Å². The molecule has 2 aromatic carbocycles. The molecule has 4 rings (SSSR count). The maximum Gasteiger partial charge on any atom is 0.238 e. The van der Waals surface area contributed by atoms with Crippen LogP contribution in [0.15, 0.2) is 60.7 Å². The summed E-state index contributed by atoms with van der Waals surface area (Å²) >= 11 is 5.84. The molecular weight excluding hydrogens is 390 g/mol. The SMILES string of the molecule is C[C@@H]1C=CC[C@@H]2C(=O)N(c3cccc(OCC(=O)c4ccc(Cl)cc4)c3)C(=O)[C@H]12. The van der Waals surface area contributed by atoms with Crippen molar-refractivity contribution in [3.05, 3.63) is 71.3 Å². The van der Waals surface area contributed by atoms with Gasteiger partial charge in [0.25, 0.3) is 0 Å². The van der Waals surface area contributed by atoms with E-state index < -0.39 is 0 Å². The number of ketones is 1. The summed E-state index contributed by atoms with van der Waals surface area (Å²) in [5.41, 5.74) is 0.971. The second kappa shape index (κ2) is 7.84. The summed E-state index contributed by atoms with van der Waals surface area (Å²) in [4.78, 5) is 39.3. The fourth-order valence-electron chi connectivity index (χ4n) is 3.98. The van der Waals surface area contributed by atoms with Crippen molar-refractivity contribution in [3.8, 4) is 5.75 Å². The highest BCUT2D eigenvalue weighted by atomic mass is 35.5. The molecule has 3 atom stereocenters. The molecule has 2 aliphatic rings. The average Bonchev–Trinajstić information content (AvgIpc) is 2.98. The molecule has 1 fully saturated rings. The zero-order valence-electron chi connectivity index (χ0n) is 15.9. The molecule has 0 unspecified atom stereocenters. The first-order valence-electron chi connectivity index (χ1n) is 9.52. The molecule has 0 spiro atoms. The molecule has 0 saturated carbocycles. The Labute approximate surface area is 173 Å². The third kappa shape index (κ3) is 3.70. The van der Waals surface area contributed by atoms with Gasteiger partial charge in [-0.25, -0.2) is 4.90 Å². The van der Waals surface area contributed by atoms with Gasteiger partial charge in [0.05, 0.1) is 17.5 Å². The highest BCUT2D eigenvalue weighted by Gasteiger charge is 2.50. The summed E-state index contributed by atoms with van der Waals surface area (Å²) < 4.78 is 5.62. The first-order valence-corrected chi connectivity index (χ1v) is 9.89. The topological polar surface area (TPSA) is 63.7 Å². The van der Waals surface area contributed by atoms with Gasteiger partial charge in [0, 0.05) is 16.7 Å². The van der Waals surface area contributed by atoms with Gasteiger partial charge < -0.3 is 4.74 Å². The van der Waals surface area contributed by atoms with Gasteiger partial charge in [-0.15, -0.1) is 0 Å². The quantitative estimate of drug-likeness (QED) is 0.419. The minimum absolute atomic E-state index is 0.0339. The summed E-state index contributed by atoms with van der Waals surface area (Å²) in [7, 11) is 0. The largest absolute Gasteiger partial charge is 0.485 e. The van der Waals surface area contributed by atoms with E-state index in [4.69, 9.17) is 16.3 Å². The standard InChI is InChI=1S/C23H20ClNO4/c1-14-4-2-7-19-21(14)23(28)25(22(19)27)17-5-3-6-18(12-17)29-13-20(26)15-8-10-16(24)11-9-15/h2-6,8-12,14,19,21H,7,13H2,1H3/t14-,19+,21-/m1/s1. The Bertz CT molecular complexity index is 998. The number of fused-ring (bicyclic) bond motifs is 1. The third-order valence-corrected chi connectivity index (χ3v) is 5.74. The molecule has 1 heterocycles. The maximum atomic E-state index is 12.9. The van der Waals surface area contributed by atoms with Crippen molar-refractivity contribution in [2.24, 2.45) is 17.8 Å². The molecule has 0 bridgehead atoms. The Morgan fingerprint density at radius 2 is 1.90 bits per heavy atom. The van der Waals surface area contributed by atoms with Crippen molar-refractivity contribution in [2.45, 2.75) is 13.3 Å². The molecule has 29 heavy (non-hydrogen) atoms. The third-order valence-electron chi connectivity index (χ3n) is 5.48. The maximum absolute atomic E-state index is 12.9. The number of hydrogen-bond donors (Lipinski definition) is 0. The van der Waals surface area contributed by atoms with Crippen LogP contribution in [0.2, 0.25) is 5.02 Å². The Hall–Kier alpha value is -2.92. The van der Waals surface area contributed by atoms with E-state index >= 15 is 0 Å². The lowest BCUT2D eigenvalue weighted by Gasteiger charge is -2.22. The van der Waals surface area contributed by atoms with Crippen molar-refractivity contribution in [3.63, 3.8) is 0 Å². The highest BCUT2D eigenvalue weighted by molar-refractivity contribution is 6.30. The number of amides is 2. The summed E-state index contributed by atoms with van der Waals surface area (Å²) in [5.74, 6) is -0.705. The Balaban J connectivity index is 1.49. The highest BCUT2D eigenvalue weighted by Crippen LogP contribution is 2.40. The molecule has 148 valence electrons. The second-order valence-electron chi connectivity index (χ2n) is 7.38. The van der Waals surface area contributed by atoms with Crippen molar-refractivity contribution in [2.75, 3.05) is 11.5 Å². The molecule has 0 aromatic heterocycles. The molecular formula is C23H20ClNO4. The first-order chi connectivity index (χ1) is 14.0. The molecule has 0 radical (unpaired) electrons. The van der Waals surface area contributed by atoms with Crippen LogP contribution < -0.4 is 9.64 Å². The Kier molecular flexibility index (Phi) is 5.24. The Morgan fingerprint density at radius 1 is 1.14 bits per heavy atom. The van der Waals surface area contributed by atoms with Crippen LogP contribution in [0.3, 0.4) is 0 Å². The van der Waals surface area contributed by atoms with Crippen LogP contribution in [0.5, 0.6) is 5.75 Å². The number of hydrogen-bond acceptors (Lipinski definition) is 4. The molecule has 1 saturated heterocycles. The number of nitrogens with zero attached hydrogens (tertiary/aromatic N) is 1. The number of benzene rings is 2. The predicted octanol–water partition coefficient (Wildman–Crippen LogP) is 4.30. The van der Waals surface area contributed by atoms with Crippen LogP contribution >= 0.6 is 11.6 Å². The zero-order valence-corrected chi connectivity index (χ0v) is 16.6. The minimum atomic E-state index is -0.316. The minimum Gasteiger partial charge on any atom is -0.485 e. The lowest BCUT2D eigenvalue weighted by atomic mass is 9.78. The van der Waals surface area contributed by atoms with Gasteiger partial charge in [-0.3, -0.25) is 14.4 Å². The second-order valence-corrected chi connectivity index (χ2v) is 7.82. The van der Waals surface area contributed by atoms with Crippen LogP contribution in [-0.2, 0) is 9.59 Å². The van der Waals surface area contributed by atoms with Gasteiger partial charge >= 0.3 is 0 Å². The van der Waals surface area contributed by atoms with Crippen LogP contribution in [0.4, 0.5) is 5.69 Å². The van der Waals surface area contributed by atoms with E-state index in [9.17, 15) is 14.4 Å². The van der Waals surface area contributed by atoms with Gasteiger partial charge in [0.15, 0.2) is 12.4 Å². The van der Waals surface area contributed by atoms with Crippen molar-refractivity contribution >= 4 is 34.9 Å². The van der Waals surface area contributed by atoms with Crippen molar-refractivity contribution in [1.29, 1.82) is 0 Å². The van der Waals surface area contributed by atoms with E-state index in [1.807, 2.05) is 19.1 Å². The van der Waals surface area contributed by atoms with E-state index in [1.165, 1.54) is 4.90 Å². The summed E-state index contributed by atoms with van der Waals surface area (Å²) in [6.07, 6.45) is 4.56. The summed E-state index contributed by atoms with van der Waals surface area (Å²) in [6.45, 7) is 1.81. The van der Waals surface area contributed by atoms with Gasteiger partial charge in [-0.2, -0.15) is 0 Å². The number of carbonyl (C=O) groups excluding carboxylic acids is 3. The van der Waals surface area contributed by atoms with E-state index in [1.54, 1.807) is 48.5 Å². The number of Topliss-reactive ketones (excluding diaryl/α,β-unsaturated/α-hetero) is 1.